The Hall–Kier alpha value is -1.75. The zero-order valence-corrected chi connectivity index (χ0v) is 11.4. The number of aromatic nitrogens is 2. The zero-order valence-electron chi connectivity index (χ0n) is 9.85. The van der Waals surface area contributed by atoms with E-state index in [2.05, 4.69) is 31.2 Å². The van der Waals surface area contributed by atoms with Crippen LogP contribution in [0.1, 0.15) is 11.3 Å². The summed E-state index contributed by atoms with van der Waals surface area (Å²) < 4.78 is 0.891. The standard InChI is InChI=1S/C13H12BrN3O/c1-9-6-10(14)8-16-13(9)17-12(18)7-11-4-2-3-5-15-11/h2-6,8H,7H2,1H3,(H,16,17,18). The van der Waals surface area contributed by atoms with E-state index in [4.69, 9.17) is 0 Å². The molecule has 1 N–H and O–H groups in total. The van der Waals surface area contributed by atoms with Gasteiger partial charge in [0.15, 0.2) is 0 Å². The quantitative estimate of drug-likeness (QED) is 0.948. The van der Waals surface area contributed by atoms with Gasteiger partial charge in [0.05, 0.1) is 6.42 Å². The molecule has 2 rings (SSSR count). The normalized spacial score (nSPS) is 10.1. The lowest BCUT2D eigenvalue weighted by molar-refractivity contribution is -0.115. The molecule has 0 unspecified atom stereocenters. The maximum Gasteiger partial charge on any atom is 0.231 e. The lowest BCUT2D eigenvalue weighted by atomic mass is 10.2. The van der Waals surface area contributed by atoms with E-state index in [0.717, 1.165) is 15.7 Å². The van der Waals surface area contributed by atoms with Crippen molar-refractivity contribution in [2.24, 2.45) is 0 Å². The molecule has 0 aliphatic carbocycles. The van der Waals surface area contributed by atoms with E-state index < -0.39 is 0 Å². The van der Waals surface area contributed by atoms with Gasteiger partial charge >= 0.3 is 0 Å². The fourth-order valence-corrected chi connectivity index (χ4v) is 1.96. The minimum Gasteiger partial charge on any atom is -0.310 e. The first kappa shape index (κ1) is 12.7. The zero-order chi connectivity index (χ0) is 13.0. The molecule has 2 aromatic rings. The number of nitrogens with zero attached hydrogens (tertiary/aromatic N) is 2. The number of amides is 1. The summed E-state index contributed by atoms with van der Waals surface area (Å²) >= 11 is 3.33. The Balaban J connectivity index is 2.03. The predicted octanol–water partition coefficient (Wildman–Crippen LogP) is 2.73. The van der Waals surface area contributed by atoms with Crippen molar-refractivity contribution < 1.29 is 4.79 Å². The molecule has 0 atom stereocenters. The molecule has 0 fully saturated rings. The fourth-order valence-electron chi connectivity index (χ4n) is 1.51. The molecule has 0 aliphatic heterocycles. The molecule has 0 radical (unpaired) electrons. The highest BCUT2D eigenvalue weighted by molar-refractivity contribution is 9.10. The maximum absolute atomic E-state index is 11.8. The molecule has 18 heavy (non-hydrogen) atoms. The van der Waals surface area contributed by atoms with Crippen molar-refractivity contribution in [3.05, 3.63) is 52.4 Å². The number of nitrogens with one attached hydrogen (secondary N) is 1. The Labute approximate surface area is 114 Å². The second-order valence-electron chi connectivity index (χ2n) is 3.87. The molecule has 0 saturated heterocycles. The summed E-state index contributed by atoms with van der Waals surface area (Å²) in [6.45, 7) is 1.90. The second-order valence-corrected chi connectivity index (χ2v) is 4.78. The molecule has 2 aromatic heterocycles. The van der Waals surface area contributed by atoms with Crippen LogP contribution in [0.5, 0.6) is 0 Å². The van der Waals surface area contributed by atoms with Crippen molar-refractivity contribution in [3.63, 3.8) is 0 Å². The average molecular weight is 306 g/mol. The van der Waals surface area contributed by atoms with Crippen LogP contribution in [0.25, 0.3) is 0 Å². The largest absolute Gasteiger partial charge is 0.310 e. The van der Waals surface area contributed by atoms with Gasteiger partial charge in [-0.15, -0.1) is 0 Å². The number of pyridine rings is 2. The smallest absolute Gasteiger partial charge is 0.231 e. The highest BCUT2D eigenvalue weighted by atomic mass is 79.9. The van der Waals surface area contributed by atoms with Crippen LogP contribution in [0, 0.1) is 6.92 Å². The first-order valence-electron chi connectivity index (χ1n) is 5.47. The Bertz CT molecular complexity index is 557. The maximum atomic E-state index is 11.8. The minimum atomic E-state index is -0.119. The number of carbonyl (C=O) groups is 1. The van der Waals surface area contributed by atoms with Crippen molar-refractivity contribution in [2.75, 3.05) is 5.32 Å². The predicted molar refractivity (Wildman–Crippen MR) is 73.2 cm³/mol. The van der Waals surface area contributed by atoms with Gasteiger partial charge in [0.25, 0.3) is 0 Å². The Morgan fingerprint density at radius 1 is 1.39 bits per heavy atom. The van der Waals surface area contributed by atoms with Crippen molar-refractivity contribution in [1.29, 1.82) is 0 Å². The molecule has 0 saturated carbocycles. The molecule has 0 spiro atoms. The molecule has 0 aromatic carbocycles. The molecule has 0 bridgehead atoms. The Kier molecular flexibility index (Phi) is 4.04. The van der Waals surface area contributed by atoms with E-state index in [9.17, 15) is 4.79 Å². The van der Waals surface area contributed by atoms with Gasteiger partial charge < -0.3 is 5.32 Å². The second kappa shape index (κ2) is 5.73. The molecule has 5 heteroatoms. The lowest BCUT2D eigenvalue weighted by Gasteiger charge is -2.07. The molecule has 92 valence electrons. The molecule has 4 nitrogen and oxygen atoms in total. The Morgan fingerprint density at radius 3 is 2.89 bits per heavy atom. The molecular formula is C13H12BrN3O. The molecule has 1 amide bonds. The summed E-state index contributed by atoms with van der Waals surface area (Å²) in [5.41, 5.74) is 1.66. The third kappa shape index (κ3) is 3.37. The number of rotatable bonds is 3. The van der Waals surface area contributed by atoms with Gasteiger partial charge in [0, 0.05) is 22.6 Å². The van der Waals surface area contributed by atoms with E-state index in [1.54, 1.807) is 12.4 Å². The number of aryl methyl sites for hydroxylation is 1. The van der Waals surface area contributed by atoms with Gasteiger partial charge in [0.2, 0.25) is 5.91 Å². The van der Waals surface area contributed by atoms with Crippen LogP contribution >= 0.6 is 15.9 Å². The summed E-state index contributed by atoms with van der Waals surface area (Å²) in [6.07, 6.45) is 3.58. The summed E-state index contributed by atoms with van der Waals surface area (Å²) in [5, 5.41) is 2.78. The summed E-state index contributed by atoms with van der Waals surface area (Å²) in [5.74, 6) is 0.464. The minimum absolute atomic E-state index is 0.119. The van der Waals surface area contributed by atoms with Crippen LogP contribution in [-0.2, 0) is 11.2 Å². The first-order valence-corrected chi connectivity index (χ1v) is 6.26. The highest BCUT2D eigenvalue weighted by Gasteiger charge is 2.07. The fraction of sp³-hybridized carbons (Fsp3) is 0.154. The van der Waals surface area contributed by atoms with Crippen molar-refractivity contribution in [3.8, 4) is 0 Å². The van der Waals surface area contributed by atoms with Gasteiger partial charge in [-0.3, -0.25) is 9.78 Å². The highest BCUT2D eigenvalue weighted by Crippen LogP contribution is 2.16. The number of halogens is 1. The van der Waals surface area contributed by atoms with E-state index in [1.807, 2.05) is 31.2 Å². The van der Waals surface area contributed by atoms with Gasteiger partial charge in [-0.05, 0) is 46.6 Å². The number of hydrogen-bond donors (Lipinski definition) is 1. The van der Waals surface area contributed by atoms with Crippen LogP contribution in [0.4, 0.5) is 5.82 Å². The van der Waals surface area contributed by atoms with Crippen molar-refractivity contribution in [2.45, 2.75) is 13.3 Å². The third-order valence-corrected chi connectivity index (χ3v) is 2.80. The van der Waals surface area contributed by atoms with E-state index in [-0.39, 0.29) is 12.3 Å². The molecule has 0 aliphatic rings. The van der Waals surface area contributed by atoms with E-state index in [0.29, 0.717) is 5.82 Å². The van der Waals surface area contributed by atoms with Crippen LogP contribution in [0.3, 0.4) is 0 Å². The van der Waals surface area contributed by atoms with E-state index in [1.165, 1.54) is 0 Å². The average Bonchev–Trinajstić information content (AvgIpc) is 2.34. The lowest BCUT2D eigenvalue weighted by Crippen LogP contribution is -2.16. The van der Waals surface area contributed by atoms with Crippen LogP contribution in [-0.4, -0.2) is 15.9 Å². The first-order chi connectivity index (χ1) is 8.65. The third-order valence-electron chi connectivity index (χ3n) is 2.37. The SMILES string of the molecule is Cc1cc(Br)cnc1NC(=O)Cc1ccccn1. The summed E-state index contributed by atoms with van der Waals surface area (Å²) in [6, 6.07) is 7.41. The van der Waals surface area contributed by atoms with Crippen LogP contribution < -0.4 is 5.32 Å². The topological polar surface area (TPSA) is 54.9 Å². The van der Waals surface area contributed by atoms with E-state index >= 15 is 0 Å². The van der Waals surface area contributed by atoms with Gasteiger partial charge in [-0.25, -0.2) is 4.98 Å². The Morgan fingerprint density at radius 2 is 2.22 bits per heavy atom. The van der Waals surface area contributed by atoms with Crippen LogP contribution in [0.15, 0.2) is 41.1 Å². The van der Waals surface area contributed by atoms with Crippen LogP contribution in [0.2, 0.25) is 0 Å². The number of hydrogen-bond acceptors (Lipinski definition) is 3. The van der Waals surface area contributed by atoms with Gasteiger partial charge in [-0.1, -0.05) is 6.07 Å². The van der Waals surface area contributed by atoms with Crippen molar-refractivity contribution in [1.82, 2.24) is 9.97 Å². The van der Waals surface area contributed by atoms with Crippen molar-refractivity contribution >= 4 is 27.7 Å². The summed E-state index contributed by atoms with van der Waals surface area (Å²) in [7, 11) is 0. The summed E-state index contributed by atoms with van der Waals surface area (Å²) in [4.78, 5) is 20.1. The number of carbonyl (C=O) groups excluding carboxylic acids is 1. The van der Waals surface area contributed by atoms with Gasteiger partial charge in [-0.2, -0.15) is 0 Å². The molecule has 2 heterocycles. The monoisotopic (exact) mass is 305 g/mol. The molecular weight excluding hydrogens is 294 g/mol. The number of anilines is 1. The van der Waals surface area contributed by atoms with Gasteiger partial charge in [0.1, 0.15) is 5.82 Å².